The lowest BCUT2D eigenvalue weighted by Gasteiger charge is -2.28. The number of benzene rings is 1. The summed E-state index contributed by atoms with van der Waals surface area (Å²) in [5.74, 6) is -0.443. The van der Waals surface area contributed by atoms with Gasteiger partial charge in [0.25, 0.3) is 0 Å². The molecule has 0 radical (unpaired) electrons. The standard InChI is InChI=1S/C20H29N3O2/c1-12-9-8-10-13(2)16(12)22-17(24)14(3)21-18(25)15-11-19(4,5)23-20(15,6)7/h8-11,14,23H,1-7H3,(H,21,25)(H,22,24). The number of hydrogen-bond donors (Lipinski definition) is 3. The van der Waals surface area contributed by atoms with E-state index in [0.29, 0.717) is 5.57 Å². The van der Waals surface area contributed by atoms with Crippen molar-refractivity contribution in [2.24, 2.45) is 0 Å². The minimum absolute atomic E-state index is 0.216. The molecule has 2 rings (SSSR count). The number of anilines is 1. The van der Waals surface area contributed by atoms with Crippen molar-refractivity contribution in [3.05, 3.63) is 41.0 Å². The molecule has 0 bridgehead atoms. The van der Waals surface area contributed by atoms with Crippen LogP contribution in [-0.2, 0) is 9.59 Å². The Morgan fingerprint density at radius 2 is 1.64 bits per heavy atom. The topological polar surface area (TPSA) is 70.2 Å². The summed E-state index contributed by atoms with van der Waals surface area (Å²) < 4.78 is 0. The lowest BCUT2D eigenvalue weighted by molar-refractivity contribution is -0.124. The molecule has 1 aromatic rings. The van der Waals surface area contributed by atoms with Crippen LogP contribution in [-0.4, -0.2) is 28.9 Å². The van der Waals surface area contributed by atoms with E-state index >= 15 is 0 Å². The van der Waals surface area contributed by atoms with Crippen molar-refractivity contribution in [2.75, 3.05) is 5.32 Å². The molecule has 1 aliphatic rings. The van der Waals surface area contributed by atoms with Crippen LogP contribution in [0, 0.1) is 13.8 Å². The zero-order valence-electron chi connectivity index (χ0n) is 16.2. The lowest BCUT2D eigenvalue weighted by atomic mass is 9.96. The van der Waals surface area contributed by atoms with Crippen LogP contribution in [0.25, 0.3) is 0 Å². The molecule has 1 aromatic carbocycles. The quantitative estimate of drug-likeness (QED) is 0.787. The first-order valence-corrected chi connectivity index (χ1v) is 8.63. The average molecular weight is 343 g/mol. The minimum atomic E-state index is -0.632. The lowest BCUT2D eigenvalue weighted by Crippen LogP contribution is -2.49. The molecule has 0 fully saturated rings. The number of carbonyl (C=O) groups excluding carboxylic acids is 2. The van der Waals surface area contributed by atoms with Crippen LogP contribution in [0.5, 0.6) is 0 Å². The Hall–Kier alpha value is -2.14. The molecule has 3 N–H and O–H groups in total. The molecule has 0 aliphatic carbocycles. The molecule has 0 spiro atoms. The van der Waals surface area contributed by atoms with E-state index in [1.54, 1.807) is 6.92 Å². The Labute approximate surface area is 150 Å². The van der Waals surface area contributed by atoms with Gasteiger partial charge in [-0.1, -0.05) is 24.3 Å². The van der Waals surface area contributed by atoms with E-state index in [0.717, 1.165) is 16.8 Å². The summed E-state index contributed by atoms with van der Waals surface area (Å²) in [7, 11) is 0. The maximum absolute atomic E-state index is 12.7. The molecule has 0 saturated carbocycles. The highest BCUT2D eigenvalue weighted by molar-refractivity contribution is 6.02. The molecule has 5 nitrogen and oxygen atoms in total. The van der Waals surface area contributed by atoms with Crippen LogP contribution in [0.2, 0.25) is 0 Å². The van der Waals surface area contributed by atoms with Crippen molar-refractivity contribution in [1.29, 1.82) is 0 Å². The molecule has 2 amide bonds. The summed E-state index contributed by atoms with van der Waals surface area (Å²) in [5.41, 5.74) is 2.77. The van der Waals surface area contributed by atoms with Crippen molar-refractivity contribution in [1.82, 2.24) is 10.6 Å². The molecule has 1 heterocycles. The van der Waals surface area contributed by atoms with Crippen molar-refractivity contribution >= 4 is 17.5 Å². The first-order valence-electron chi connectivity index (χ1n) is 8.63. The molecule has 5 heteroatoms. The Morgan fingerprint density at radius 1 is 1.08 bits per heavy atom. The monoisotopic (exact) mass is 343 g/mol. The van der Waals surface area contributed by atoms with Gasteiger partial charge in [0.1, 0.15) is 6.04 Å². The molecular weight excluding hydrogens is 314 g/mol. The SMILES string of the molecule is Cc1cccc(C)c1NC(=O)C(C)NC(=O)C1=CC(C)(C)NC1(C)C. The van der Waals surface area contributed by atoms with E-state index in [2.05, 4.69) is 16.0 Å². The van der Waals surface area contributed by atoms with Gasteiger partial charge in [-0.2, -0.15) is 0 Å². The summed E-state index contributed by atoms with van der Waals surface area (Å²) in [6, 6.07) is 5.22. The smallest absolute Gasteiger partial charge is 0.249 e. The predicted molar refractivity (Wildman–Crippen MR) is 102 cm³/mol. The second-order valence-electron chi connectivity index (χ2n) is 7.98. The molecule has 0 saturated heterocycles. The van der Waals surface area contributed by atoms with Crippen LogP contribution < -0.4 is 16.0 Å². The van der Waals surface area contributed by atoms with E-state index in [1.807, 2.05) is 65.8 Å². The van der Waals surface area contributed by atoms with Gasteiger partial charge in [0, 0.05) is 22.3 Å². The summed E-state index contributed by atoms with van der Waals surface area (Å²) in [6.45, 7) is 13.6. The molecule has 1 aliphatic heterocycles. The van der Waals surface area contributed by atoms with Gasteiger partial charge in [-0.15, -0.1) is 0 Å². The van der Waals surface area contributed by atoms with Crippen molar-refractivity contribution in [3.8, 4) is 0 Å². The molecule has 1 unspecified atom stereocenters. The fourth-order valence-corrected chi connectivity index (χ4v) is 3.38. The van der Waals surface area contributed by atoms with Crippen LogP contribution in [0.1, 0.15) is 45.7 Å². The van der Waals surface area contributed by atoms with Gasteiger partial charge in [-0.3, -0.25) is 14.9 Å². The maximum Gasteiger partial charge on any atom is 0.249 e. The Balaban J connectivity index is 2.08. The van der Waals surface area contributed by atoms with Gasteiger partial charge >= 0.3 is 0 Å². The van der Waals surface area contributed by atoms with Gasteiger partial charge in [-0.05, 0) is 59.6 Å². The fraction of sp³-hybridized carbons (Fsp3) is 0.500. The number of nitrogens with one attached hydrogen (secondary N) is 3. The third-order valence-electron chi connectivity index (χ3n) is 4.53. The summed E-state index contributed by atoms with van der Waals surface area (Å²) in [5, 5.41) is 9.14. The maximum atomic E-state index is 12.7. The van der Waals surface area contributed by atoms with Gasteiger partial charge < -0.3 is 10.6 Å². The van der Waals surface area contributed by atoms with Crippen LogP contribution in [0.3, 0.4) is 0 Å². The van der Waals surface area contributed by atoms with Gasteiger partial charge in [0.05, 0.1) is 0 Å². The molecule has 136 valence electrons. The molecular formula is C20H29N3O2. The Morgan fingerprint density at radius 3 is 2.12 bits per heavy atom. The van der Waals surface area contributed by atoms with Crippen molar-refractivity contribution < 1.29 is 9.59 Å². The first kappa shape index (κ1) is 19.2. The van der Waals surface area contributed by atoms with E-state index in [-0.39, 0.29) is 17.4 Å². The highest BCUT2D eigenvalue weighted by Crippen LogP contribution is 2.29. The largest absolute Gasteiger partial charge is 0.341 e. The minimum Gasteiger partial charge on any atom is -0.341 e. The predicted octanol–water partition coefficient (Wildman–Crippen LogP) is 2.83. The molecule has 1 atom stereocenters. The number of para-hydroxylation sites is 1. The van der Waals surface area contributed by atoms with E-state index in [1.165, 1.54) is 0 Å². The third kappa shape index (κ3) is 4.28. The van der Waals surface area contributed by atoms with Crippen LogP contribution >= 0.6 is 0 Å². The second kappa shape index (κ2) is 6.64. The van der Waals surface area contributed by atoms with Crippen LogP contribution in [0.4, 0.5) is 5.69 Å². The van der Waals surface area contributed by atoms with Crippen LogP contribution in [0.15, 0.2) is 29.8 Å². The van der Waals surface area contributed by atoms with Crippen molar-refractivity contribution in [3.63, 3.8) is 0 Å². The normalized spacial score (nSPS) is 19.1. The third-order valence-corrected chi connectivity index (χ3v) is 4.53. The number of hydrogen-bond acceptors (Lipinski definition) is 3. The highest BCUT2D eigenvalue weighted by Gasteiger charge is 2.40. The number of carbonyl (C=O) groups is 2. The number of rotatable bonds is 4. The summed E-state index contributed by atoms with van der Waals surface area (Å²) in [4.78, 5) is 25.1. The fourth-order valence-electron chi connectivity index (χ4n) is 3.38. The Bertz CT molecular complexity index is 712. The zero-order chi connectivity index (χ0) is 19.0. The molecule has 25 heavy (non-hydrogen) atoms. The summed E-state index contributed by atoms with van der Waals surface area (Å²) in [6.07, 6.45) is 1.93. The van der Waals surface area contributed by atoms with Gasteiger partial charge in [0.2, 0.25) is 11.8 Å². The Kier molecular flexibility index (Phi) is 5.09. The number of aryl methyl sites for hydroxylation is 2. The summed E-state index contributed by atoms with van der Waals surface area (Å²) >= 11 is 0. The zero-order valence-corrected chi connectivity index (χ0v) is 16.2. The van der Waals surface area contributed by atoms with E-state index < -0.39 is 11.6 Å². The van der Waals surface area contributed by atoms with Crippen molar-refractivity contribution in [2.45, 2.75) is 65.6 Å². The number of amides is 2. The van der Waals surface area contributed by atoms with E-state index in [9.17, 15) is 9.59 Å². The first-order chi connectivity index (χ1) is 11.4. The van der Waals surface area contributed by atoms with E-state index in [4.69, 9.17) is 0 Å². The average Bonchev–Trinajstić information content (AvgIpc) is 2.70. The van der Waals surface area contributed by atoms with Gasteiger partial charge in [0.15, 0.2) is 0 Å². The second-order valence-corrected chi connectivity index (χ2v) is 7.98. The molecule has 0 aromatic heterocycles. The van der Waals surface area contributed by atoms with Gasteiger partial charge in [-0.25, -0.2) is 0 Å². The highest BCUT2D eigenvalue weighted by atomic mass is 16.2.